The second-order valence-electron chi connectivity index (χ2n) is 3.57. The van der Waals surface area contributed by atoms with Gasteiger partial charge in [0.25, 0.3) is 0 Å². The van der Waals surface area contributed by atoms with Crippen LogP contribution in [0.15, 0.2) is 46.7 Å². The van der Waals surface area contributed by atoms with Crippen LogP contribution in [0, 0.1) is 5.82 Å². The van der Waals surface area contributed by atoms with Crippen molar-refractivity contribution in [2.45, 2.75) is 23.0 Å². The van der Waals surface area contributed by atoms with E-state index in [1.165, 1.54) is 17.8 Å². The molecule has 0 fully saturated rings. The summed E-state index contributed by atoms with van der Waals surface area (Å²) in [4.78, 5) is 8.94. The minimum atomic E-state index is -0.359. The molecule has 0 unspecified atom stereocenters. The lowest BCUT2D eigenvalue weighted by Crippen LogP contribution is -2.09. The molecule has 0 radical (unpaired) electrons. The van der Waals surface area contributed by atoms with E-state index in [0.717, 1.165) is 4.90 Å². The molecule has 0 aliphatic carbocycles. The van der Waals surface area contributed by atoms with Gasteiger partial charge in [-0.05, 0) is 36.9 Å². The molecular formula is C12H12FN3S. The lowest BCUT2D eigenvalue weighted by molar-refractivity contribution is 0.585. The van der Waals surface area contributed by atoms with Crippen LogP contribution in [-0.2, 0) is 0 Å². The Morgan fingerprint density at radius 1 is 1.24 bits per heavy atom. The number of hydrogen-bond acceptors (Lipinski definition) is 4. The Morgan fingerprint density at radius 2 is 1.94 bits per heavy atom. The Bertz CT molecular complexity index is 502. The molecule has 0 aliphatic rings. The molecule has 0 aliphatic heterocycles. The van der Waals surface area contributed by atoms with Gasteiger partial charge >= 0.3 is 0 Å². The fourth-order valence-electron chi connectivity index (χ4n) is 1.48. The quantitative estimate of drug-likeness (QED) is 0.850. The Hall–Kier alpha value is -1.46. The van der Waals surface area contributed by atoms with Crippen molar-refractivity contribution in [2.75, 3.05) is 0 Å². The molecule has 0 amide bonds. The smallest absolute Gasteiger partial charge is 0.192 e. The zero-order valence-electron chi connectivity index (χ0n) is 9.30. The summed E-state index contributed by atoms with van der Waals surface area (Å²) in [7, 11) is 0. The third-order valence-corrected chi connectivity index (χ3v) is 3.18. The van der Waals surface area contributed by atoms with E-state index in [9.17, 15) is 4.39 Å². The minimum Gasteiger partial charge on any atom is -0.324 e. The highest BCUT2D eigenvalue weighted by Gasteiger charge is 2.13. The van der Waals surface area contributed by atoms with Gasteiger partial charge in [-0.1, -0.05) is 6.07 Å². The molecule has 1 heterocycles. The highest BCUT2D eigenvalue weighted by atomic mass is 32.2. The number of nitrogens with two attached hydrogens (primary N) is 1. The fraction of sp³-hybridized carbons (Fsp3) is 0.167. The molecule has 3 nitrogen and oxygen atoms in total. The molecule has 1 aromatic heterocycles. The van der Waals surface area contributed by atoms with Crippen molar-refractivity contribution < 1.29 is 4.39 Å². The first-order valence-electron chi connectivity index (χ1n) is 5.17. The van der Waals surface area contributed by atoms with Crippen LogP contribution < -0.4 is 5.73 Å². The molecule has 0 bridgehead atoms. The number of benzene rings is 1. The number of nitrogens with zero attached hydrogens (tertiary/aromatic N) is 2. The summed E-state index contributed by atoms with van der Waals surface area (Å²) in [6.45, 7) is 1.76. The summed E-state index contributed by atoms with van der Waals surface area (Å²) in [6, 6.07) is 6.27. The van der Waals surface area contributed by atoms with Crippen molar-refractivity contribution in [3.05, 3.63) is 48.0 Å². The molecule has 5 heteroatoms. The first kappa shape index (κ1) is 12.0. The normalized spacial score (nSPS) is 12.4. The summed E-state index contributed by atoms with van der Waals surface area (Å²) in [5.74, 6) is -0.291. The van der Waals surface area contributed by atoms with Gasteiger partial charge in [0.05, 0.1) is 0 Å². The van der Waals surface area contributed by atoms with E-state index in [1.54, 1.807) is 31.5 Å². The van der Waals surface area contributed by atoms with Crippen molar-refractivity contribution >= 4 is 11.8 Å². The third kappa shape index (κ3) is 2.81. The maximum atomic E-state index is 13.7. The number of halogens is 1. The molecule has 1 atom stereocenters. The van der Waals surface area contributed by atoms with Gasteiger partial charge in [0.15, 0.2) is 5.16 Å². The largest absolute Gasteiger partial charge is 0.324 e. The third-order valence-electron chi connectivity index (χ3n) is 2.21. The van der Waals surface area contributed by atoms with E-state index < -0.39 is 0 Å². The zero-order valence-corrected chi connectivity index (χ0v) is 10.1. The SMILES string of the molecule is C[C@H](N)c1c(F)cccc1Sc1ncccn1. The predicted octanol–water partition coefficient (Wildman–Crippen LogP) is 2.79. The first-order chi connectivity index (χ1) is 8.18. The van der Waals surface area contributed by atoms with E-state index in [4.69, 9.17) is 5.73 Å². The van der Waals surface area contributed by atoms with E-state index in [2.05, 4.69) is 9.97 Å². The average Bonchev–Trinajstić information content (AvgIpc) is 2.30. The van der Waals surface area contributed by atoms with Crippen LogP contribution in [0.4, 0.5) is 4.39 Å². The summed E-state index contributed by atoms with van der Waals surface area (Å²) in [6.07, 6.45) is 3.31. The molecule has 0 spiro atoms. The van der Waals surface area contributed by atoms with Gasteiger partial charge < -0.3 is 5.73 Å². The minimum absolute atomic E-state index is 0.291. The van der Waals surface area contributed by atoms with E-state index >= 15 is 0 Å². The molecular weight excluding hydrogens is 237 g/mol. The van der Waals surface area contributed by atoms with Crippen LogP contribution in [0.25, 0.3) is 0 Å². The number of hydrogen-bond donors (Lipinski definition) is 1. The summed E-state index contributed by atoms with van der Waals surface area (Å²) >= 11 is 1.31. The summed E-state index contributed by atoms with van der Waals surface area (Å²) < 4.78 is 13.7. The molecule has 88 valence electrons. The molecule has 17 heavy (non-hydrogen) atoms. The predicted molar refractivity (Wildman–Crippen MR) is 65.2 cm³/mol. The summed E-state index contributed by atoms with van der Waals surface area (Å²) in [5, 5.41) is 0.583. The van der Waals surface area contributed by atoms with Crippen LogP contribution in [0.5, 0.6) is 0 Å². The molecule has 2 N–H and O–H groups in total. The lowest BCUT2D eigenvalue weighted by atomic mass is 10.1. The zero-order chi connectivity index (χ0) is 12.3. The molecule has 0 saturated heterocycles. The second kappa shape index (κ2) is 5.25. The van der Waals surface area contributed by atoms with Crippen molar-refractivity contribution in [2.24, 2.45) is 5.73 Å². The van der Waals surface area contributed by atoms with Crippen molar-refractivity contribution in [1.82, 2.24) is 9.97 Å². The summed E-state index contributed by atoms with van der Waals surface area (Å²) in [5.41, 5.74) is 6.28. The second-order valence-corrected chi connectivity index (χ2v) is 4.58. The van der Waals surface area contributed by atoms with Crippen LogP contribution >= 0.6 is 11.8 Å². The van der Waals surface area contributed by atoms with Crippen LogP contribution in [0.1, 0.15) is 18.5 Å². The van der Waals surface area contributed by atoms with Gasteiger partial charge in [0, 0.05) is 28.9 Å². The van der Waals surface area contributed by atoms with E-state index in [0.29, 0.717) is 10.7 Å². The van der Waals surface area contributed by atoms with Gasteiger partial charge in [-0.25, -0.2) is 14.4 Å². The van der Waals surface area contributed by atoms with Gasteiger partial charge in [-0.2, -0.15) is 0 Å². The molecule has 0 saturated carbocycles. The van der Waals surface area contributed by atoms with E-state index in [1.807, 2.05) is 6.07 Å². The van der Waals surface area contributed by atoms with Gasteiger partial charge in [0.2, 0.25) is 0 Å². The first-order valence-corrected chi connectivity index (χ1v) is 5.99. The molecule has 2 rings (SSSR count). The number of rotatable bonds is 3. The monoisotopic (exact) mass is 249 g/mol. The van der Waals surface area contributed by atoms with Crippen LogP contribution in [0.2, 0.25) is 0 Å². The van der Waals surface area contributed by atoms with Crippen LogP contribution in [-0.4, -0.2) is 9.97 Å². The average molecular weight is 249 g/mol. The maximum absolute atomic E-state index is 13.7. The fourth-order valence-corrected chi connectivity index (χ4v) is 2.45. The van der Waals surface area contributed by atoms with Crippen molar-refractivity contribution in [1.29, 1.82) is 0 Å². The standard InChI is InChI=1S/C12H12FN3S/c1-8(14)11-9(13)4-2-5-10(11)17-12-15-6-3-7-16-12/h2-8H,14H2,1H3/t8-/m0/s1. The maximum Gasteiger partial charge on any atom is 0.192 e. The van der Waals surface area contributed by atoms with Crippen molar-refractivity contribution in [3.8, 4) is 0 Å². The Balaban J connectivity index is 2.36. The topological polar surface area (TPSA) is 51.8 Å². The Kier molecular flexibility index (Phi) is 3.71. The lowest BCUT2D eigenvalue weighted by Gasteiger charge is -2.12. The highest BCUT2D eigenvalue weighted by Crippen LogP contribution is 2.31. The highest BCUT2D eigenvalue weighted by molar-refractivity contribution is 7.99. The van der Waals surface area contributed by atoms with Gasteiger partial charge in [0.1, 0.15) is 5.82 Å². The Labute approximate surface area is 103 Å². The molecule has 1 aromatic carbocycles. The van der Waals surface area contributed by atoms with E-state index in [-0.39, 0.29) is 11.9 Å². The Morgan fingerprint density at radius 3 is 2.59 bits per heavy atom. The van der Waals surface area contributed by atoms with Crippen molar-refractivity contribution in [3.63, 3.8) is 0 Å². The number of aromatic nitrogens is 2. The molecule has 2 aromatic rings. The van der Waals surface area contributed by atoms with Gasteiger partial charge in [-0.3, -0.25) is 0 Å². The van der Waals surface area contributed by atoms with Crippen LogP contribution in [0.3, 0.4) is 0 Å². The van der Waals surface area contributed by atoms with Gasteiger partial charge in [-0.15, -0.1) is 0 Å².